The third kappa shape index (κ3) is 8.61. The SMILES string of the molecule is CO[C@@H]1C[C@H](C(=O)Nc2cc(C(CCC3CC3)(NC[S+]([O-])C(C)(C)C)c3cccc(C#N)c3)ccc2F)N(C(=O)N(C)c2ccc(Cl)cc2)C1. The van der Waals surface area contributed by atoms with Crippen molar-refractivity contribution in [1.29, 1.82) is 5.26 Å². The maximum atomic E-state index is 15.7. The van der Waals surface area contributed by atoms with Crippen LogP contribution in [0.1, 0.15) is 69.6 Å². The number of hydrogen-bond donors (Lipinski definition) is 2. The molecule has 2 unspecified atom stereocenters. The predicted octanol–water partition coefficient (Wildman–Crippen LogP) is 7.16. The second kappa shape index (κ2) is 15.7. The molecule has 9 nitrogen and oxygen atoms in total. The van der Waals surface area contributed by atoms with E-state index in [4.69, 9.17) is 16.3 Å². The van der Waals surface area contributed by atoms with Gasteiger partial charge in [0.25, 0.3) is 0 Å². The number of carbonyl (C=O) groups is 2. The maximum absolute atomic E-state index is 15.7. The van der Waals surface area contributed by atoms with Crippen molar-refractivity contribution in [1.82, 2.24) is 10.2 Å². The van der Waals surface area contributed by atoms with Crippen LogP contribution >= 0.6 is 11.6 Å². The highest BCUT2D eigenvalue weighted by atomic mass is 35.5. The monoisotopic (exact) mass is 721 g/mol. The summed E-state index contributed by atoms with van der Waals surface area (Å²) in [5.74, 6) is -0.480. The van der Waals surface area contributed by atoms with Gasteiger partial charge in [0.2, 0.25) is 5.91 Å². The Morgan fingerprint density at radius 3 is 2.46 bits per heavy atom. The molecule has 3 aromatic carbocycles. The van der Waals surface area contributed by atoms with Crippen LogP contribution < -0.4 is 15.5 Å². The molecule has 12 heteroatoms. The Balaban J connectivity index is 1.49. The van der Waals surface area contributed by atoms with Gasteiger partial charge in [0.1, 0.15) is 16.6 Å². The smallest absolute Gasteiger partial charge is 0.324 e. The molecule has 0 bridgehead atoms. The normalized spacial score (nSPS) is 19.4. The summed E-state index contributed by atoms with van der Waals surface area (Å²) in [5, 5.41) is 16.7. The molecule has 2 aliphatic rings. The molecule has 1 saturated carbocycles. The Kier molecular flexibility index (Phi) is 11.8. The number of methoxy groups -OCH3 is 1. The molecule has 3 aromatic rings. The van der Waals surface area contributed by atoms with E-state index in [1.807, 2.05) is 39.0 Å². The average molecular weight is 722 g/mol. The van der Waals surface area contributed by atoms with Crippen molar-refractivity contribution in [2.75, 3.05) is 36.8 Å². The Hall–Kier alpha value is -3.66. The first-order valence-electron chi connectivity index (χ1n) is 16.8. The van der Waals surface area contributed by atoms with E-state index in [-0.39, 0.29) is 30.6 Å². The van der Waals surface area contributed by atoms with E-state index in [1.165, 1.54) is 23.0 Å². The molecule has 2 fully saturated rings. The molecule has 1 saturated heterocycles. The number of anilines is 2. The average Bonchev–Trinajstić information content (AvgIpc) is 3.84. The van der Waals surface area contributed by atoms with Gasteiger partial charge in [0, 0.05) is 37.8 Å². The molecule has 2 N–H and O–H groups in total. The summed E-state index contributed by atoms with van der Waals surface area (Å²) < 4.78 is 34.1. The summed E-state index contributed by atoms with van der Waals surface area (Å²) in [4.78, 5) is 30.5. The van der Waals surface area contributed by atoms with E-state index in [0.29, 0.717) is 34.2 Å². The first-order chi connectivity index (χ1) is 23.7. The number of rotatable bonds is 12. The molecule has 0 aromatic heterocycles. The minimum atomic E-state index is -1.27. The summed E-state index contributed by atoms with van der Waals surface area (Å²) in [7, 11) is 3.15. The van der Waals surface area contributed by atoms with E-state index >= 15 is 4.39 Å². The summed E-state index contributed by atoms with van der Waals surface area (Å²) in [6.45, 7) is 5.92. The summed E-state index contributed by atoms with van der Waals surface area (Å²) >= 11 is 4.77. The van der Waals surface area contributed by atoms with Gasteiger partial charge < -0.3 is 19.5 Å². The zero-order chi connectivity index (χ0) is 36.2. The van der Waals surface area contributed by atoms with Crippen molar-refractivity contribution >= 4 is 46.1 Å². The molecule has 50 heavy (non-hydrogen) atoms. The number of nitriles is 1. The Labute approximate surface area is 302 Å². The van der Waals surface area contributed by atoms with Crippen LogP contribution in [0.3, 0.4) is 0 Å². The topological polar surface area (TPSA) is 121 Å². The number of nitrogens with zero attached hydrogens (tertiary/aromatic N) is 3. The van der Waals surface area contributed by atoms with Gasteiger partial charge in [0.15, 0.2) is 5.88 Å². The minimum Gasteiger partial charge on any atom is -0.615 e. The summed E-state index contributed by atoms with van der Waals surface area (Å²) in [6, 6.07) is 19.6. The van der Waals surface area contributed by atoms with E-state index in [0.717, 1.165) is 24.8 Å². The molecule has 3 amide bonds. The Morgan fingerprint density at radius 2 is 1.82 bits per heavy atom. The first kappa shape index (κ1) is 37.6. The molecule has 266 valence electrons. The lowest BCUT2D eigenvalue weighted by Crippen LogP contribution is -2.49. The highest BCUT2D eigenvalue weighted by molar-refractivity contribution is 7.92. The van der Waals surface area contributed by atoms with Crippen LogP contribution in [-0.2, 0) is 26.2 Å². The van der Waals surface area contributed by atoms with Gasteiger partial charge in [-0.25, -0.2) is 9.18 Å². The molecule has 0 radical (unpaired) electrons. The molecule has 0 spiro atoms. The number of carbonyl (C=O) groups excluding carboxylic acids is 2. The molecule has 5 rings (SSSR count). The minimum absolute atomic E-state index is 0.0437. The van der Waals surface area contributed by atoms with Gasteiger partial charge in [-0.2, -0.15) is 5.26 Å². The maximum Gasteiger partial charge on any atom is 0.324 e. The lowest BCUT2D eigenvalue weighted by molar-refractivity contribution is -0.119. The number of ether oxygens (including phenoxy) is 1. The number of amides is 3. The lowest BCUT2D eigenvalue weighted by Gasteiger charge is -2.38. The van der Waals surface area contributed by atoms with Crippen molar-refractivity contribution in [3.63, 3.8) is 0 Å². The summed E-state index contributed by atoms with van der Waals surface area (Å²) in [6.07, 6.45) is 3.56. The van der Waals surface area contributed by atoms with E-state index < -0.39 is 45.3 Å². The van der Waals surface area contributed by atoms with Crippen LogP contribution in [0.2, 0.25) is 5.02 Å². The van der Waals surface area contributed by atoms with Gasteiger partial charge in [-0.3, -0.25) is 15.0 Å². The molecule has 1 aliphatic carbocycles. The number of urea groups is 1. The van der Waals surface area contributed by atoms with E-state index in [9.17, 15) is 19.4 Å². The van der Waals surface area contributed by atoms with Crippen molar-refractivity contribution in [3.8, 4) is 6.07 Å². The lowest BCUT2D eigenvalue weighted by atomic mass is 9.78. The van der Waals surface area contributed by atoms with Crippen LogP contribution in [0.15, 0.2) is 66.7 Å². The van der Waals surface area contributed by atoms with Gasteiger partial charge in [-0.05, 0) is 110 Å². The predicted molar refractivity (Wildman–Crippen MR) is 196 cm³/mol. The fraction of sp³-hybridized carbons (Fsp3) is 0.447. The van der Waals surface area contributed by atoms with Crippen molar-refractivity contribution in [2.24, 2.45) is 5.92 Å². The van der Waals surface area contributed by atoms with Gasteiger partial charge >= 0.3 is 6.03 Å². The van der Waals surface area contributed by atoms with Crippen molar-refractivity contribution < 1.29 is 23.3 Å². The van der Waals surface area contributed by atoms with E-state index in [1.54, 1.807) is 49.5 Å². The molecule has 4 atom stereocenters. The molecule has 1 aliphatic heterocycles. The highest BCUT2D eigenvalue weighted by Gasteiger charge is 2.42. The number of benzene rings is 3. The van der Waals surface area contributed by atoms with Crippen LogP contribution in [0.25, 0.3) is 0 Å². The van der Waals surface area contributed by atoms with Crippen molar-refractivity contribution in [3.05, 3.63) is 94.3 Å². The second-order valence-corrected chi connectivity index (χ2v) is 16.8. The standard InChI is InChI=1S/C38H45ClFN5O4S/c1-37(2,3)50(48)24-42-38(18-17-25-9-10-25,27-8-6-7-26(19-27)22-41)28-11-16-32(40)33(20-28)43-35(46)34-21-31(49-5)23-45(34)36(47)44(4)30-14-12-29(39)13-15-30/h6-8,11-16,19-20,25,31,34,42H,9-10,17-18,21,23-24H2,1-5H3,(H,43,46)/t31-,34-,38?,50?/m1/s1. The number of nitrogens with one attached hydrogen (secondary N) is 2. The third-order valence-electron chi connectivity index (χ3n) is 9.66. The number of likely N-dealkylation sites (tertiary alicyclic amines) is 1. The molecular weight excluding hydrogens is 677 g/mol. The molecule has 1 heterocycles. The zero-order valence-electron chi connectivity index (χ0n) is 29.2. The van der Waals surface area contributed by atoms with Gasteiger partial charge in [0.05, 0.1) is 29.0 Å². The van der Waals surface area contributed by atoms with Gasteiger partial charge in [-0.1, -0.05) is 42.6 Å². The quantitative estimate of drug-likeness (QED) is 0.192. The zero-order valence-corrected chi connectivity index (χ0v) is 30.7. The fourth-order valence-electron chi connectivity index (χ4n) is 6.33. The number of halogens is 2. The van der Waals surface area contributed by atoms with Crippen LogP contribution in [0.4, 0.5) is 20.6 Å². The summed E-state index contributed by atoms with van der Waals surface area (Å²) in [5.41, 5.74) is 1.52. The second-order valence-electron chi connectivity index (χ2n) is 14.1. The van der Waals surface area contributed by atoms with Crippen molar-refractivity contribution in [2.45, 2.75) is 75.3 Å². The Bertz CT molecular complexity index is 1730. The Morgan fingerprint density at radius 1 is 1.12 bits per heavy atom. The fourth-order valence-corrected chi connectivity index (χ4v) is 7.27. The van der Waals surface area contributed by atoms with Crippen LogP contribution in [0.5, 0.6) is 0 Å². The van der Waals surface area contributed by atoms with Crippen LogP contribution in [0, 0.1) is 23.1 Å². The van der Waals surface area contributed by atoms with E-state index in [2.05, 4.69) is 16.7 Å². The first-order valence-corrected chi connectivity index (χ1v) is 18.5. The largest absolute Gasteiger partial charge is 0.615 e. The highest BCUT2D eigenvalue weighted by Crippen LogP contribution is 2.42. The van der Waals surface area contributed by atoms with Crippen LogP contribution in [-0.4, -0.2) is 64.9 Å². The molecular formula is C38H45ClFN5O4S. The third-order valence-corrected chi connectivity index (χ3v) is 11.7. The van der Waals surface area contributed by atoms with Gasteiger partial charge in [-0.15, -0.1) is 0 Å². The number of hydrogen-bond acceptors (Lipinski definition) is 6.